The number of rotatable bonds is 8. The highest BCUT2D eigenvalue weighted by molar-refractivity contribution is 7.99. The molecule has 0 fully saturated rings. The summed E-state index contributed by atoms with van der Waals surface area (Å²) in [5.74, 6) is 0.827. The summed E-state index contributed by atoms with van der Waals surface area (Å²) in [6.45, 7) is 1.43. The molecule has 1 rings (SSSR count). The van der Waals surface area contributed by atoms with E-state index in [4.69, 9.17) is 23.1 Å². The van der Waals surface area contributed by atoms with Crippen molar-refractivity contribution in [3.63, 3.8) is 0 Å². The fourth-order valence-electron chi connectivity index (χ4n) is 1.90. The third-order valence-corrected chi connectivity index (χ3v) is 3.76. The lowest BCUT2D eigenvalue weighted by Crippen LogP contribution is -2.33. The zero-order valence-corrected chi connectivity index (χ0v) is 12.8. The first-order chi connectivity index (χ1) is 9.51. The second-order valence-electron chi connectivity index (χ2n) is 4.01. The van der Waals surface area contributed by atoms with Crippen molar-refractivity contribution in [2.75, 3.05) is 30.3 Å². The van der Waals surface area contributed by atoms with Crippen molar-refractivity contribution in [1.29, 1.82) is 0 Å². The molecule has 0 bridgehead atoms. The Kier molecular flexibility index (Phi) is 7.18. The van der Waals surface area contributed by atoms with Crippen LogP contribution in [0.3, 0.4) is 0 Å². The van der Waals surface area contributed by atoms with E-state index in [1.807, 2.05) is 13.0 Å². The molecule has 0 aliphatic rings. The predicted octanol–water partition coefficient (Wildman–Crippen LogP) is 2.50. The highest BCUT2D eigenvalue weighted by atomic mass is 32.2. The van der Waals surface area contributed by atoms with E-state index >= 15 is 0 Å². The Bertz CT molecular complexity index is 458. The molecular formula is C13H18F2N2OS2. The van der Waals surface area contributed by atoms with Gasteiger partial charge in [-0.3, -0.25) is 0 Å². The first kappa shape index (κ1) is 17.1. The van der Waals surface area contributed by atoms with Crippen LogP contribution in [0.5, 0.6) is 0 Å². The SMILES string of the molecule is CCSc1cccc(N(CCO)CC(F)F)c1C(N)=S. The van der Waals surface area contributed by atoms with Gasteiger partial charge in [0.2, 0.25) is 0 Å². The Balaban J connectivity index is 3.24. The lowest BCUT2D eigenvalue weighted by Gasteiger charge is -2.27. The molecule has 0 atom stereocenters. The number of halogens is 2. The van der Waals surface area contributed by atoms with Crippen LogP contribution in [-0.2, 0) is 0 Å². The maximum absolute atomic E-state index is 12.7. The smallest absolute Gasteiger partial charge is 0.255 e. The number of nitrogens with two attached hydrogens (primary N) is 1. The highest BCUT2D eigenvalue weighted by Gasteiger charge is 2.19. The molecule has 0 aliphatic carbocycles. The number of alkyl halides is 2. The molecule has 0 spiro atoms. The van der Waals surface area contributed by atoms with Gasteiger partial charge < -0.3 is 15.7 Å². The molecule has 1 aromatic carbocycles. The van der Waals surface area contributed by atoms with E-state index in [1.54, 1.807) is 23.9 Å². The van der Waals surface area contributed by atoms with Gasteiger partial charge in [0.1, 0.15) is 4.99 Å². The third kappa shape index (κ3) is 4.57. The lowest BCUT2D eigenvalue weighted by molar-refractivity contribution is 0.153. The zero-order chi connectivity index (χ0) is 15.1. The fourth-order valence-corrected chi connectivity index (χ4v) is 3.03. The van der Waals surface area contributed by atoms with Crippen LogP contribution in [0.2, 0.25) is 0 Å². The average molecular weight is 320 g/mol. The summed E-state index contributed by atoms with van der Waals surface area (Å²) in [4.78, 5) is 2.46. The molecule has 0 saturated heterocycles. The Morgan fingerprint density at radius 2 is 2.20 bits per heavy atom. The van der Waals surface area contributed by atoms with Crippen molar-refractivity contribution in [2.45, 2.75) is 18.2 Å². The Labute approximate surface area is 127 Å². The Morgan fingerprint density at radius 1 is 1.50 bits per heavy atom. The van der Waals surface area contributed by atoms with Crippen LogP contribution >= 0.6 is 24.0 Å². The van der Waals surface area contributed by atoms with Crippen LogP contribution in [0.4, 0.5) is 14.5 Å². The van der Waals surface area contributed by atoms with Gasteiger partial charge >= 0.3 is 0 Å². The van der Waals surface area contributed by atoms with E-state index in [-0.39, 0.29) is 18.1 Å². The van der Waals surface area contributed by atoms with Crippen molar-refractivity contribution in [3.05, 3.63) is 23.8 Å². The van der Waals surface area contributed by atoms with Crippen LogP contribution in [0.1, 0.15) is 12.5 Å². The molecule has 0 aliphatic heterocycles. The maximum atomic E-state index is 12.7. The summed E-state index contributed by atoms with van der Waals surface area (Å²) in [5.41, 5.74) is 6.90. The normalized spacial score (nSPS) is 10.8. The van der Waals surface area contributed by atoms with E-state index in [0.29, 0.717) is 11.3 Å². The van der Waals surface area contributed by atoms with Crippen LogP contribution in [0.15, 0.2) is 23.1 Å². The summed E-state index contributed by atoms with van der Waals surface area (Å²) in [6, 6.07) is 5.35. The molecule has 0 unspecified atom stereocenters. The van der Waals surface area contributed by atoms with Gasteiger partial charge in [-0.2, -0.15) is 0 Å². The number of aliphatic hydroxyl groups excluding tert-OH is 1. The molecule has 0 heterocycles. The van der Waals surface area contributed by atoms with E-state index in [9.17, 15) is 8.78 Å². The standard InChI is InChI=1S/C13H18F2N2OS2/c1-2-20-10-5-3-4-9(12(10)13(16)19)17(6-7-18)8-11(14)15/h3-5,11,18H,2,6-8H2,1H3,(H2,16,19). The molecule has 112 valence electrons. The van der Waals surface area contributed by atoms with Crippen LogP contribution < -0.4 is 10.6 Å². The summed E-state index contributed by atoms with van der Waals surface area (Å²) in [7, 11) is 0. The molecule has 0 saturated carbocycles. The summed E-state index contributed by atoms with van der Waals surface area (Å²) >= 11 is 6.61. The molecule has 20 heavy (non-hydrogen) atoms. The number of thiocarbonyl (C=S) groups is 1. The molecule has 1 aromatic rings. The van der Waals surface area contributed by atoms with Crippen molar-refractivity contribution in [3.8, 4) is 0 Å². The number of nitrogens with zero attached hydrogens (tertiary/aromatic N) is 1. The lowest BCUT2D eigenvalue weighted by atomic mass is 10.1. The second kappa shape index (κ2) is 8.39. The minimum Gasteiger partial charge on any atom is -0.395 e. The maximum Gasteiger partial charge on any atom is 0.255 e. The molecule has 3 nitrogen and oxygen atoms in total. The molecule has 0 radical (unpaired) electrons. The number of aliphatic hydroxyl groups is 1. The highest BCUT2D eigenvalue weighted by Crippen LogP contribution is 2.31. The van der Waals surface area contributed by atoms with Crippen LogP contribution in [0.25, 0.3) is 0 Å². The van der Waals surface area contributed by atoms with Gasteiger partial charge in [-0.1, -0.05) is 25.2 Å². The van der Waals surface area contributed by atoms with Crippen molar-refractivity contribution >= 4 is 34.7 Å². The second-order valence-corrected chi connectivity index (χ2v) is 5.75. The molecule has 0 amide bonds. The van der Waals surface area contributed by atoms with Gasteiger partial charge in [-0.15, -0.1) is 11.8 Å². The number of hydrogen-bond donors (Lipinski definition) is 2. The third-order valence-electron chi connectivity index (χ3n) is 2.62. The topological polar surface area (TPSA) is 49.5 Å². The minimum absolute atomic E-state index is 0.111. The van der Waals surface area contributed by atoms with Gasteiger partial charge in [0, 0.05) is 22.7 Å². The van der Waals surface area contributed by atoms with Crippen LogP contribution in [-0.4, -0.2) is 42.0 Å². The molecule has 3 N–H and O–H groups in total. The largest absolute Gasteiger partial charge is 0.395 e. The van der Waals surface area contributed by atoms with Gasteiger partial charge in [0.15, 0.2) is 0 Å². The monoisotopic (exact) mass is 320 g/mol. The van der Waals surface area contributed by atoms with E-state index in [0.717, 1.165) is 10.6 Å². The van der Waals surface area contributed by atoms with Gasteiger partial charge in [-0.05, 0) is 17.9 Å². The predicted molar refractivity (Wildman–Crippen MR) is 84.0 cm³/mol. The first-order valence-electron chi connectivity index (χ1n) is 6.20. The van der Waals surface area contributed by atoms with Crippen molar-refractivity contribution in [1.82, 2.24) is 0 Å². The van der Waals surface area contributed by atoms with Gasteiger partial charge in [0.25, 0.3) is 6.43 Å². The fraction of sp³-hybridized carbons (Fsp3) is 0.462. The molecular weight excluding hydrogens is 302 g/mol. The Morgan fingerprint density at radius 3 is 2.70 bits per heavy atom. The number of benzene rings is 1. The Hall–Kier alpha value is -0.920. The first-order valence-corrected chi connectivity index (χ1v) is 7.60. The van der Waals surface area contributed by atoms with Gasteiger partial charge in [-0.25, -0.2) is 8.78 Å². The summed E-state index contributed by atoms with van der Waals surface area (Å²) in [6.07, 6.45) is -2.50. The number of hydrogen-bond acceptors (Lipinski definition) is 4. The van der Waals surface area contributed by atoms with Crippen molar-refractivity contribution < 1.29 is 13.9 Å². The van der Waals surface area contributed by atoms with Gasteiger partial charge in [0.05, 0.1) is 13.2 Å². The minimum atomic E-state index is -2.50. The zero-order valence-electron chi connectivity index (χ0n) is 11.2. The van der Waals surface area contributed by atoms with E-state index in [2.05, 4.69) is 0 Å². The van der Waals surface area contributed by atoms with Crippen molar-refractivity contribution in [2.24, 2.45) is 5.73 Å². The molecule has 7 heteroatoms. The number of thioether (sulfide) groups is 1. The average Bonchev–Trinajstić information content (AvgIpc) is 2.37. The van der Waals surface area contributed by atoms with Crippen LogP contribution in [0, 0.1) is 0 Å². The van der Waals surface area contributed by atoms with E-state index in [1.165, 1.54) is 4.90 Å². The number of anilines is 1. The summed E-state index contributed by atoms with van der Waals surface area (Å²) < 4.78 is 25.4. The molecule has 0 aromatic heterocycles. The van der Waals surface area contributed by atoms with E-state index < -0.39 is 13.0 Å². The summed E-state index contributed by atoms with van der Waals surface area (Å²) in [5, 5.41) is 9.06. The quantitative estimate of drug-likeness (QED) is 0.569.